The third-order valence-electron chi connectivity index (χ3n) is 5.61. The van der Waals surface area contributed by atoms with Crippen molar-refractivity contribution in [3.8, 4) is 11.1 Å². The molecule has 2 aromatic rings. The van der Waals surface area contributed by atoms with Crippen LogP contribution in [0.15, 0.2) is 36.4 Å². The Kier molecular flexibility index (Phi) is 3.99. The van der Waals surface area contributed by atoms with Crippen LogP contribution < -0.4 is 0 Å². The van der Waals surface area contributed by atoms with Crippen LogP contribution in [0.25, 0.3) is 11.1 Å². The van der Waals surface area contributed by atoms with Crippen LogP contribution in [0, 0.1) is 5.41 Å². The van der Waals surface area contributed by atoms with Crippen molar-refractivity contribution in [2.75, 3.05) is 0 Å². The fourth-order valence-electron chi connectivity index (χ4n) is 4.13. The van der Waals surface area contributed by atoms with Crippen LogP contribution in [0.5, 0.6) is 0 Å². The smallest absolute Gasteiger partial charge is 0.0150 e. The van der Waals surface area contributed by atoms with Crippen LogP contribution in [-0.4, -0.2) is 0 Å². The lowest BCUT2D eigenvalue weighted by Crippen LogP contribution is -2.19. The monoisotopic (exact) mass is 334 g/mol. The van der Waals surface area contributed by atoms with Gasteiger partial charge >= 0.3 is 0 Å². The number of hydrogen-bond donors (Lipinski definition) is 0. The first-order valence-electron chi connectivity index (χ1n) is 9.59. The third kappa shape index (κ3) is 3.16. The van der Waals surface area contributed by atoms with Crippen molar-refractivity contribution < 1.29 is 0 Å². The fourth-order valence-corrected chi connectivity index (χ4v) is 4.13. The Morgan fingerprint density at radius 2 is 0.920 bits per heavy atom. The van der Waals surface area contributed by atoms with Crippen molar-refractivity contribution in [2.45, 2.75) is 79.1 Å². The van der Waals surface area contributed by atoms with Gasteiger partial charge in [0.1, 0.15) is 0 Å². The quantitative estimate of drug-likeness (QED) is 0.469. The van der Waals surface area contributed by atoms with Gasteiger partial charge in [-0.3, -0.25) is 0 Å². The van der Waals surface area contributed by atoms with Gasteiger partial charge in [0, 0.05) is 5.92 Å². The zero-order valence-corrected chi connectivity index (χ0v) is 17.5. The zero-order valence-electron chi connectivity index (χ0n) is 17.5. The van der Waals surface area contributed by atoms with E-state index in [0.717, 1.165) is 0 Å². The van der Waals surface area contributed by atoms with E-state index in [1.54, 1.807) is 0 Å². The first kappa shape index (κ1) is 18.2. The molecule has 0 saturated carbocycles. The average molecular weight is 335 g/mol. The summed E-state index contributed by atoms with van der Waals surface area (Å²) in [6.45, 7) is 21.0. The average Bonchev–Trinajstić information content (AvgIpc) is 2.77. The van der Waals surface area contributed by atoms with Crippen molar-refractivity contribution in [1.82, 2.24) is 0 Å². The first-order valence-corrected chi connectivity index (χ1v) is 9.59. The number of hydrogen-bond acceptors (Lipinski definition) is 0. The minimum Gasteiger partial charge on any atom is -0.0593 e. The Bertz CT molecular complexity index is 738. The summed E-state index contributed by atoms with van der Waals surface area (Å²) in [5.41, 5.74) is 9.33. The summed E-state index contributed by atoms with van der Waals surface area (Å²) in [7, 11) is 0. The highest BCUT2D eigenvalue weighted by molar-refractivity contribution is 5.80. The van der Waals surface area contributed by atoms with Crippen LogP contribution in [0.3, 0.4) is 0 Å². The topological polar surface area (TPSA) is 0 Å². The molecule has 0 bridgehead atoms. The predicted molar refractivity (Wildman–Crippen MR) is 111 cm³/mol. The SMILES string of the molecule is CC(C)(C)c1ccc2c(c1)C(C(C)(C)C)c1cc(C(C)(C)C)ccc1-2. The Hall–Kier alpha value is -1.56. The van der Waals surface area contributed by atoms with Crippen LogP contribution in [-0.2, 0) is 10.8 Å². The number of benzene rings is 2. The second-order valence-electron chi connectivity index (χ2n) is 10.9. The molecule has 1 aliphatic rings. The summed E-state index contributed by atoms with van der Waals surface area (Å²) < 4.78 is 0. The summed E-state index contributed by atoms with van der Waals surface area (Å²) in [6, 6.07) is 14.3. The first-order chi connectivity index (χ1) is 11.3. The second-order valence-corrected chi connectivity index (χ2v) is 10.9. The molecule has 0 heterocycles. The molecule has 25 heavy (non-hydrogen) atoms. The lowest BCUT2D eigenvalue weighted by molar-refractivity contribution is 0.362. The van der Waals surface area contributed by atoms with Crippen molar-refractivity contribution in [3.05, 3.63) is 58.7 Å². The van der Waals surface area contributed by atoms with Gasteiger partial charge in [-0.25, -0.2) is 0 Å². The molecule has 2 aromatic carbocycles. The molecular weight excluding hydrogens is 300 g/mol. The van der Waals surface area contributed by atoms with Gasteiger partial charge in [0.15, 0.2) is 0 Å². The van der Waals surface area contributed by atoms with E-state index in [9.17, 15) is 0 Å². The van der Waals surface area contributed by atoms with E-state index in [1.807, 2.05) is 0 Å². The molecule has 0 spiro atoms. The van der Waals surface area contributed by atoms with Crippen molar-refractivity contribution in [2.24, 2.45) is 5.41 Å². The van der Waals surface area contributed by atoms with Gasteiger partial charge < -0.3 is 0 Å². The zero-order chi connectivity index (χ0) is 18.8. The van der Waals surface area contributed by atoms with E-state index in [4.69, 9.17) is 0 Å². The van der Waals surface area contributed by atoms with E-state index in [0.29, 0.717) is 5.92 Å². The molecule has 0 radical (unpaired) electrons. The molecule has 0 atom stereocenters. The summed E-state index contributed by atoms with van der Waals surface area (Å²) in [6.07, 6.45) is 0. The standard InChI is InChI=1S/C25H34/c1-23(2,3)16-10-12-18-19-13-11-17(24(4,5)6)15-21(19)22(20(18)14-16)25(7,8)9/h10-15,22H,1-9H3. The third-order valence-corrected chi connectivity index (χ3v) is 5.61. The summed E-state index contributed by atoms with van der Waals surface area (Å²) in [5, 5.41) is 0. The molecular formula is C25H34. The minimum absolute atomic E-state index is 0.183. The highest BCUT2D eigenvalue weighted by atomic mass is 14.4. The lowest BCUT2D eigenvalue weighted by Gasteiger charge is -2.31. The molecule has 0 unspecified atom stereocenters. The largest absolute Gasteiger partial charge is 0.0593 e. The van der Waals surface area contributed by atoms with Gasteiger partial charge in [-0.1, -0.05) is 98.7 Å². The van der Waals surface area contributed by atoms with E-state index in [-0.39, 0.29) is 16.2 Å². The van der Waals surface area contributed by atoms with E-state index in [1.165, 1.54) is 33.4 Å². The van der Waals surface area contributed by atoms with Crippen molar-refractivity contribution in [1.29, 1.82) is 0 Å². The van der Waals surface area contributed by atoms with E-state index < -0.39 is 0 Å². The molecule has 0 aromatic heterocycles. The van der Waals surface area contributed by atoms with Gasteiger partial charge in [-0.2, -0.15) is 0 Å². The molecule has 1 aliphatic carbocycles. The Labute approximate surface area is 154 Å². The molecule has 3 rings (SSSR count). The fraction of sp³-hybridized carbons (Fsp3) is 0.520. The van der Waals surface area contributed by atoms with Gasteiger partial charge in [0.05, 0.1) is 0 Å². The maximum atomic E-state index is 2.47. The Balaban J connectivity index is 2.26. The van der Waals surface area contributed by atoms with Gasteiger partial charge in [-0.05, 0) is 49.6 Å². The number of fused-ring (bicyclic) bond motifs is 3. The maximum absolute atomic E-state index is 2.47. The Morgan fingerprint density at radius 1 is 0.560 bits per heavy atom. The predicted octanol–water partition coefficient (Wildman–Crippen LogP) is 7.44. The summed E-state index contributed by atoms with van der Waals surface area (Å²) in [4.78, 5) is 0. The van der Waals surface area contributed by atoms with Crippen LogP contribution in [0.2, 0.25) is 0 Å². The maximum Gasteiger partial charge on any atom is 0.0150 e. The molecule has 0 heteroatoms. The van der Waals surface area contributed by atoms with Crippen LogP contribution in [0.4, 0.5) is 0 Å². The van der Waals surface area contributed by atoms with Gasteiger partial charge in [0.25, 0.3) is 0 Å². The Morgan fingerprint density at radius 3 is 1.20 bits per heavy atom. The normalized spacial score (nSPS) is 15.2. The summed E-state index contributed by atoms with van der Waals surface area (Å²) in [5.74, 6) is 0.460. The lowest BCUT2D eigenvalue weighted by atomic mass is 9.73. The molecule has 0 fully saturated rings. The van der Waals surface area contributed by atoms with Crippen molar-refractivity contribution >= 4 is 0 Å². The molecule has 0 amide bonds. The molecule has 0 nitrogen and oxygen atoms in total. The highest BCUT2D eigenvalue weighted by Crippen LogP contribution is 2.53. The van der Waals surface area contributed by atoms with E-state index in [2.05, 4.69) is 98.7 Å². The molecule has 0 saturated heterocycles. The molecule has 0 N–H and O–H groups in total. The van der Waals surface area contributed by atoms with Gasteiger partial charge in [0.2, 0.25) is 0 Å². The molecule has 0 aliphatic heterocycles. The highest BCUT2D eigenvalue weighted by Gasteiger charge is 2.38. The van der Waals surface area contributed by atoms with Crippen LogP contribution >= 0.6 is 0 Å². The minimum atomic E-state index is 0.183. The molecule has 134 valence electrons. The summed E-state index contributed by atoms with van der Waals surface area (Å²) >= 11 is 0. The second kappa shape index (κ2) is 5.47. The van der Waals surface area contributed by atoms with Crippen molar-refractivity contribution in [3.63, 3.8) is 0 Å². The van der Waals surface area contributed by atoms with Gasteiger partial charge in [-0.15, -0.1) is 0 Å². The number of rotatable bonds is 0. The van der Waals surface area contributed by atoms with Crippen LogP contribution in [0.1, 0.15) is 90.5 Å². The van der Waals surface area contributed by atoms with E-state index >= 15 is 0 Å².